The minimum Gasteiger partial charge on any atom is -0.493 e. The summed E-state index contributed by atoms with van der Waals surface area (Å²) in [5, 5.41) is 4.10. The van der Waals surface area contributed by atoms with Crippen molar-refractivity contribution in [3.8, 4) is 17.2 Å². The summed E-state index contributed by atoms with van der Waals surface area (Å²) in [5.41, 5.74) is 5.82. The Kier molecular flexibility index (Phi) is 9.35. The van der Waals surface area contributed by atoms with Gasteiger partial charge in [0.25, 0.3) is 5.91 Å². The van der Waals surface area contributed by atoms with E-state index in [4.69, 9.17) is 14.2 Å². The van der Waals surface area contributed by atoms with Gasteiger partial charge < -0.3 is 14.2 Å². The van der Waals surface area contributed by atoms with Crippen molar-refractivity contribution >= 4 is 44.0 Å². The molecule has 0 fully saturated rings. The van der Waals surface area contributed by atoms with Crippen LogP contribution in [0.3, 0.4) is 0 Å². The van der Waals surface area contributed by atoms with Crippen molar-refractivity contribution in [3.05, 3.63) is 122 Å². The highest BCUT2D eigenvalue weighted by Gasteiger charge is 2.12. The molecule has 0 saturated carbocycles. The number of rotatable bonds is 10. The molecule has 0 heterocycles. The van der Waals surface area contributed by atoms with Crippen LogP contribution in [0.5, 0.6) is 17.2 Å². The number of amides is 1. The van der Waals surface area contributed by atoms with Gasteiger partial charge in [-0.3, -0.25) is 4.79 Å². The predicted octanol–water partition coefficient (Wildman–Crippen LogP) is 7.14. The molecule has 0 atom stereocenters. The lowest BCUT2D eigenvalue weighted by Gasteiger charge is -2.12. The highest BCUT2D eigenvalue weighted by molar-refractivity contribution is 9.11. The summed E-state index contributed by atoms with van der Waals surface area (Å²) in [7, 11) is 1.54. The van der Waals surface area contributed by atoms with E-state index in [1.807, 2.05) is 72.8 Å². The first kappa shape index (κ1) is 26.4. The summed E-state index contributed by atoms with van der Waals surface area (Å²) in [5.74, 6) is 1.33. The minimum absolute atomic E-state index is 0.370. The Hall–Kier alpha value is -3.62. The van der Waals surface area contributed by atoms with Crippen molar-refractivity contribution in [1.29, 1.82) is 0 Å². The molecule has 4 rings (SSSR count). The number of carbonyl (C=O) groups is 1. The van der Waals surface area contributed by atoms with E-state index >= 15 is 0 Å². The predicted molar refractivity (Wildman–Crippen MR) is 151 cm³/mol. The van der Waals surface area contributed by atoms with E-state index in [-0.39, 0.29) is 5.91 Å². The van der Waals surface area contributed by atoms with E-state index in [2.05, 4.69) is 42.4 Å². The summed E-state index contributed by atoms with van der Waals surface area (Å²) < 4.78 is 18.8. The number of halogens is 2. The van der Waals surface area contributed by atoms with Gasteiger partial charge in [-0.1, -0.05) is 60.7 Å². The molecular formula is C29H24Br2N2O4. The standard InChI is InChI=1S/C29H24Br2N2O4/c1-35-27-16-23(12-13-26(27)36-18-20-8-4-2-5-9-20)29(34)33-32-17-22-14-24(30)28(25(31)15-22)37-19-21-10-6-3-7-11-21/h2-17H,18-19H2,1H3,(H,33,34)/b32-17+. The zero-order valence-corrected chi connectivity index (χ0v) is 23.2. The Morgan fingerprint density at radius 2 is 1.41 bits per heavy atom. The van der Waals surface area contributed by atoms with Crippen molar-refractivity contribution in [2.45, 2.75) is 13.2 Å². The second-order valence-corrected chi connectivity index (χ2v) is 9.64. The molecule has 8 heteroatoms. The van der Waals surface area contributed by atoms with E-state index in [1.54, 1.807) is 24.4 Å². The average Bonchev–Trinajstić information content (AvgIpc) is 2.92. The number of methoxy groups -OCH3 is 1. The van der Waals surface area contributed by atoms with Crippen LogP contribution in [-0.2, 0) is 13.2 Å². The Labute approximate surface area is 232 Å². The smallest absolute Gasteiger partial charge is 0.271 e. The maximum atomic E-state index is 12.6. The summed E-state index contributed by atoms with van der Waals surface area (Å²) in [6, 6.07) is 28.5. The Morgan fingerprint density at radius 3 is 2.00 bits per heavy atom. The van der Waals surface area contributed by atoms with Gasteiger partial charge in [-0.15, -0.1) is 0 Å². The molecule has 0 saturated heterocycles. The number of nitrogens with one attached hydrogen (secondary N) is 1. The Balaban J connectivity index is 1.36. The molecule has 0 spiro atoms. The van der Waals surface area contributed by atoms with Crippen molar-refractivity contribution in [2.75, 3.05) is 7.11 Å². The third kappa shape index (κ3) is 7.44. The zero-order chi connectivity index (χ0) is 26.0. The van der Waals surface area contributed by atoms with Crippen LogP contribution in [-0.4, -0.2) is 19.2 Å². The van der Waals surface area contributed by atoms with Crippen LogP contribution in [0.2, 0.25) is 0 Å². The van der Waals surface area contributed by atoms with Gasteiger partial charge in [0.15, 0.2) is 11.5 Å². The number of nitrogens with zero attached hydrogens (tertiary/aromatic N) is 1. The number of benzene rings is 4. The molecule has 4 aromatic carbocycles. The number of hydrogen-bond acceptors (Lipinski definition) is 5. The summed E-state index contributed by atoms with van der Waals surface area (Å²) in [4.78, 5) is 12.6. The van der Waals surface area contributed by atoms with Gasteiger partial charge in [0, 0.05) is 5.56 Å². The molecule has 0 bridgehead atoms. The largest absolute Gasteiger partial charge is 0.493 e. The normalized spacial score (nSPS) is 10.8. The quantitative estimate of drug-likeness (QED) is 0.151. The topological polar surface area (TPSA) is 69.2 Å². The van der Waals surface area contributed by atoms with Gasteiger partial charge in [-0.25, -0.2) is 5.43 Å². The lowest BCUT2D eigenvalue weighted by molar-refractivity contribution is 0.0954. The van der Waals surface area contributed by atoms with E-state index in [9.17, 15) is 4.79 Å². The molecule has 0 radical (unpaired) electrons. The molecule has 4 aromatic rings. The molecule has 188 valence electrons. The van der Waals surface area contributed by atoms with Gasteiger partial charge in [0.1, 0.15) is 19.0 Å². The van der Waals surface area contributed by atoms with Crippen molar-refractivity contribution < 1.29 is 19.0 Å². The number of ether oxygens (including phenoxy) is 3. The fourth-order valence-electron chi connectivity index (χ4n) is 3.42. The van der Waals surface area contributed by atoms with E-state index in [0.717, 1.165) is 25.6 Å². The van der Waals surface area contributed by atoms with Crippen LogP contribution >= 0.6 is 31.9 Å². The monoisotopic (exact) mass is 622 g/mol. The number of carbonyl (C=O) groups excluding carboxylic acids is 1. The first-order valence-electron chi connectivity index (χ1n) is 11.4. The van der Waals surface area contributed by atoms with Crippen LogP contribution in [0.1, 0.15) is 27.0 Å². The number of hydrogen-bond donors (Lipinski definition) is 1. The fourth-order valence-corrected chi connectivity index (χ4v) is 4.87. The molecule has 37 heavy (non-hydrogen) atoms. The second kappa shape index (κ2) is 13.1. The molecule has 6 nitrogen and oxygen atoms in total. The van der Waals surface area contributed by atoms with Crippen molar-refractivity contribution in [1.82, 2.24) is 5.43 Å². The van der Waals surface area contributed by atoms with Crippen molar-refractivity contribution in [2.24, 2.45) is 5.10 Å². The van der Waals surface area contributed by atoms with Crippen molar-refractivity contribution in [3.63, 3.8) is 0 Å². The summed E-state index contributed by atoms with van der Waals surface area (Å²) in [6.45, 7) is 0.843. The SMILES string of the molecule is COc1cc(C(=O)N/N=C/c2cc(Br)c(OCc3ccccc3)c(Br)c2)ccc1OCc1ccccc1. The third-order valence-electron chi connectivity index (χ3n) is 5.29. The molecule has 1 N–H and O–H groups in total. The van der Waals surface area contributed by atoms with E-state index in [1.165, 1.54) is 7.11 Å². The highest BCUT2D eigenvalue weighted by atomic mass is 79.9. The third-order valence-corrected chi connectivity index (χ3v) is 6.47. The van der Waals surface area contributed by atoms with Gasteiger partial charge in [0.05, 0.1) is 22.3 Å². The fraction of sp³-hybridized carbons (Fsp3) is 0.103. The second-order valence-electron chi connectivity index (χ2n) is 7.93. The average molecular weight is 624 g/mol. The first-order valence-corrected chi connectivity index (χ1v) is 13.0. The maximum Gasteiger partial charge on any atom is 0.271 e. The zero-order valence-electron chi connectivity index (χ0n) is 20.0. The Morgan fingerprint density at radius 1 is 0.811 bits per heavy atom. The highest BCUT2D eigenvalue weighted by Crippen LogP contribution is 2.35. The first-order chi connectivity index (χ1) is 18.0. The molecule has 0 aromatic heterocycles. The summed E-state index contributed by atoms with van der Waals surface area (Å²) >= 11 is 7.10. The Bertz CT molecular complexity index is 1360. The van der Waals surface area contributed by atoms with Gasteiger partial charge in [-0.05, 0) is 78.9 Å². The van der Waals surface area contributed by atoms with E-state index in [0.29, 0.717) is 36.0 Å². The van der Waals surface area contributed by atoms with E-state index < -0.39 is 0 Å². The summed E-state index contributed by atoms with van der Waals surface area (Å²) in [6.07, 6.45) is 1.56. The van der Waals surface area contributed by atoms with Crippen LogP contribution in [0.25, 0.3) is 0 Å². The molecule has 0 aliphatic heterocycles. The molecule has 0 aliphatic rings. The van der Waals surface area contributed by atoms with Crippen LogP contribution in [0.4, 0.5) is 0 Å². The lowest BCUT2D eigenvalue weighted by atomic mass is 10.2. The lowest BCUT2D eigenvalue weighted by Crippen LogP contribution is -2.17. The van der Waals surface area contributed by atoms with Gasteiger partial charge in [0.2, 0.25) is 0 Å². The van der Waals surface area contributed by atoms with Gasteiger partial charge >= 0.3 is 0 Å². The molecule has 0 unspecified atom stereocenters. The molecule has 0 aliphatic carbocycles. The molecule has 1 amide bonds. The number of hydrazone groups is 1. The van der Waals surface area contributed by atoms with Crippen LogP contribution in [0.15, 0.2) is 105 Å². The maximum absolute atomic E-state index is 12.6. The van der Waals surface area contributed by atoms with Crippen LogP contribution < -0.4 is 19.6 Å². The van der Waals surface area contributed by atoms with Crippen LogP contribution in [0, 0.1) is 0 Å². The van der Waals surface area contributed by atoms with Gasteiger partial charge in [-0.2, -0.15) is 5.10 Å². The molecular weight excluding hydrogens is 600 g/mol. The minimum atomic E-state index is -0.370.